The third-order valence-electron chi connectivity index (χ3n) is 2.43. The van der Waals surface area contributed by atoms with Crippen molar-refractivity contribution in [2.45, 2.75) is 19.8 Å². The van der Waals surface area contributed by atoms with Gasteiger partial charge in [-0.1, -0.05) is 11.6 Å². The maximum absolute atomic E-state index is 11.9. The molecule has 0 N–H and O–H groups in total. The van der Waals surface area contributed by atoms with Gasteiger partial charge in [0.1, 0.15) is 0 Å². The molecule has 0 aliphatic carbocycles. The van der Waals surface area contributed by atoms with E-state index in [2.05, 4.69) is 0 Å². The van der Waals surface area contributed by atoms with Crippen LogP contribution in [-0.4, -0.2) is 25.2 Å². The zero-order chi connectivity index (χ0) is 15.1. The molecule has 0 atom stereocenters. The third kappa shape index (κ3) is 3.97. The first kappa shape index (κ1) is 16.0. The molecular weight excluding hydrogens is 282 g/mol. The molecule has 0 fully saturated rings. The highest BCUT2D eigenvalue weighted by Gasteiger charge is 2.31. The van der Waals surface area contributed by atoms with Crippen LogP contribution in [0.3, 0.4) is 0 Å². The molecule has 0 heterocycles. The summed E-state index contributed by atoms with van der Waals surface area (Å²) in [5.41, 5.74) is 0.539. The number of rotatable bonds is 5. The molecule has 0 amide bonds. The van der Waals surface area contributed by atoms with Crippen LogP contribution in [-0.2, 0) is 19.1 Å². The van der Waals surface area contributed by atoms with Gasteiger partial charge < -0.3 is 9.47 Å². The fourth-order valence-corrected chi connectivity index (χ4v) is 1.91. The van der Waals surface area contributed by atoms with Crippen LogP contribution in [0.4, 0.5) is 0 Å². The van der Waals surface area contributed by atoms with Crippen molar-refractivity contribution in [3.63, 3.8) is 0 Å². The number of halogens is 1. The predicted octanol–water partition coefficient (Wildman–Crippen LogP) is 2.42. The summed E-state index contributed by atoms with van der Waals surface area (Å²) in [6.45, 7) is 3.55. The zero-order valence-electron chi connectivity index (χ0n) is 11.2. The molecule has 1 rings (SSSR count). The lowest BCUT2D eigenvalue weighted by Crippen LogP contribution is -2.26. The van der Waals surface area contributed by atoms with E-state index in [0.29, 0.717) is 0 Å². The SMILES string of the molecule is CCOC(=O)C(C(=O)OCC)c1cc(Cl)cc(C#N)c1. The molecule has 1 aromatic rings. The smallest absolute Gasteiger partial charge is 0.324 e. The van der Waals surface area contributed by atoms with Crippen molar-refractivity contribution in [2.75, 3.05) is 13.2 Å². The van der Waals surface area contributed by atoms with Crippen LogP contribution in [0.5, 0.6) is 0 Å². The Labute approximate surface area is 122 Å². The van der Waals surface area contributed by atoms with Crippen molar-refractivity contribution in [3.05, 3.63) is 34.3 Å². The average molecular weight is 296 g/mol. The summed E-state index contributed by atoms with van der Waals surface area (Å²) in [7, 11) is 0. The molecule has 106 valence electrons. The monoisotopic (exact) mass is 295 g/mol. The summed E-state index contributed by atoms with van der Waals surface area (Å²) < 4.78 is 9.75. The van der Waals surface area contributed by atoms with Crippen LogP contribution in [0.1, 0.15) is 30.9 Å². The molecule has 0 saturated carbocycles. The van der Waals surface area contributed by atoms with E-state index in [0.717, 1.165) is 0 Å². The van der Waals surface area contributed by atoms with Gasteiger partial charge in [0.15, 0.2) is 5.92 Å². The number of ether oxygens (including phenoxy) is 2. The summed E-state index contributed by atoms with van der Waals surface area (Å²) in [4.78, 5) is 23.8. The van der Waals surface area contributed by atoms with Gasteiger partial charge in [0.2, 0.25) is 0 Å². The lowest BCUT2D eigenvalue weighted by atomic mass is 9.97. The number of carbonyl (C=O) groups is 2. The Hall–Kier alpha value is -2.06. The summed E-state index contributed by atoms with van der Waals surface area (Å²) in [6, 6.07) is 6.23. The van der Waals surface area contributed by atoms with E-state index in [-0.39, 0.29) is 29.4 Å². The number of nitrogens with zero attached hydrogens (tertiary/aromatic N) is 1. The molecule has 0 unspecified atom stereocenters. The summed E-state index contributed by atoms with van der Waals surface area (Å²) in [5, 5.41) is 9.17. The van der Waals surface area contributed by atoms with E-state index in [1.54, 1.807) is 13.8 Å². The number of hydrogen-bond donors (Lipinski definition) is 0. The molecule has 0 aliphatic rings. The topological polar surface area (TPSA) is 76.4 Å². The standard InChI is InChI=1S/C14H14ClNO4/c1-3-19-13(17)12(14(18)20-4-2)10-5-9(8-16)6-11(15)7-10/h5-7,12H,3-4H2,1-2H3. The summed E-state index contributed by atoms with van der Waals surface area (Å²) >= 11 is 5.88. The highest BCUT2D eigenvalue weighted by atomic mass is 35.5. The van der Waals surface area contributed by atoms with Crippen LogP contribution in [0.15, 0.2) is 18.2 Å². The molecule has 0 radical (unpaired) electrons. The number of benzene rings is 1. The Balaban J connectivity index is 3.23. The summed E-state index contributed by atoms with van der Waals surface area (Å²) in [6.07, 6.45) is 0. The first-order valence-electron chi connectivity index (χ1n) is 6.07. The maximum Gasteiger partial charge on any atom is 0.324 e. The fraction of sp³-hybridized carbons (Fsp3) is 0.357. The van der Waals surface area contributed by atoms with Crippen LogP contribution in [0.25, 0.3) is 0 Å². The molecule has 0 bridgehead atoms. The number of esters is 2. The Kier molecular flexibility index (Phi) is 6.01. The second-order valence-corrected chi connectivity index (χ2v) is 4.26. The highest BCUT2D eigenvalue weighted by molar-refractivity contribution is 6.30. The Morgan fingerprint density at radius 1 is 1.20 bits per heavy atom. The van der Waals surface area contributed by atoms with Gasteiger partial charge in [0, 0.05) is 5.02 Å². The normalized spacial score (nSPS) is 9.95. The number of nitriles is 1. The molecule has 0 aliphatic heterocycles. The minimum atomic E-state index is -1.24. The molecule has 20 heavy (non-hydrogen) atoms. The van der Waals surface area contributed by atoms with Gasteiger partial charge in [0.25, 0.3) is 0 Å². The largest absolute Gasteiger partial charge is 0.465 e. The average Bonchev–Trinajstić information content (AvgIpc) is 2.38. The number of hydrogen-bond acceptors (Lipinski definition) is 5. The Bertz CT molecular complexity index is 533. The molecule has 0 saturated heterocycles. The molecular formula is C14H14ClNO4. The van der Waals surface area contributed by atoms with Gasteiger partial charge in [-0.3, -0.25) is 9.59 Å². The molecule has 5 nitrogen and oxygen atoms in total. The first-order valence-corrected chi connectivity index (χ1v) is 6.45. The van der Waals surface area contributed by atoms with Crippen LogP contribution in [0, 0.1) is 11.3 Å². The molecule has 0 spiro atoms. The molecule has 0 aromatic heterocycles. The van der Waals surface area contributed by atoms with E-state index < -0.39 is 17.9 Å². The van der Waals surface area contributed by atoms with Crippen LogP contribution >= 0.6 is 11.6 Å². The van der Waals surface area contributed by atoms with Gasteiger partial charge in [-0.05, 0) is 37.6 Å². The van der Waals surface area contributed by atoms with Crippen molar-refractivity contribution >= 4 is 23.5 Å². The maximum atomic E-state index is 11.9. The van der Waals surface area contributed by atoms with Crippen LogP contribution in [0.2, 0.25) is 5.02 Å². The van der Waals surface area contributed by atoms with E-state index in [9.17, 15) is 9.59 Å². The van der Waals surface area contributed by atoms with Crippen LogP contribution < -0.4 is 0 Å². The quantitative estimate of drug-likeness (QED) is 0.616. The first-order chi connectivity index (χ1) is 9.53. The molecule has 6 heteroatoms. The van der Waals surface area contributed by atoms with Gasteiger partial charge in [-0.15, -0.1) is 0 Å². The number of carbonyl (C=O) groups excluding carboxylic acids is 2. The van der Waals surface area contributed by atoms with E-state index in [4.69, 9.17) is 26.3 Å². The van der Waals surface area contributed by atoms with Crippen molar-refractivity contribution in [3.8, 4) is 6.07 Å². The lowest BCUT2D eigenvalue weighted by Gasteiger charge is -2.15. The predicted molar refractivity (Wildman–Crippen MR) is 72.2 cm³/mol. The van der Waals surface area contributed by atoms with E-state index >= 15 is 0 Å². The van der Waals surface area contributed by atoms with Crippen molar-refractivity contribution in [2.24, 2.45) is 0 Å². The van der Waals surface area contributed by atoms with Crippen molar-refractivity contribution in [1.82, 2.24) is 0 Å². The Morgan fingerprint density at radius 3 is 2.20 bits per heavy atom. The minimum absolute atomic E-state index is 0.139. The van der Waals surface area contributed by atoms with Crippen molar-refractivity contribution in [1.29, 1.82) is 5.26 Å². The van der Waals surface area contributed by atoms with Gasteiger partial charge >= 0.3 is 11.9 Å². The second-order valence-electron chi connectivity index (χ2n) is 3.82. The summed E-state index contributed by atoms with van der Waals surface area (Å²) in [5.74, 6) is -2.69. The van der Waals surface area contributed by atoms with Crippen molar-refractivity contribution < 1.29 is 19.1 Å². The van der Waals surface area contributed by atoms with Gasteiger partial charge in [-0.25, -0.2) is 0 Å². The van der Waals surface area contributed by atoms with E-state index in [1.807, 2.05) is 6.07 Å². The Morgan fingerprint density at radius 2 is 1.75 bits per heavy atom. The zero-order valence-corrected chi connectivity index (χ0v) is 11.9. The lowest BCUT2D eigenvalue weighted by molar-refractivity contribution is -0.156. The fourth-order valence-electron chi connectivity index (χ4n) is 1.66. The van der Waals surface area contributed by atoms with E-state index in [1.165, 1.54) is 18.2 Å². The highest BCUT2D eigenvalue weighted by Crippen LogP contribution is 2.24. The minimum Gasteiger partial charge on any atom is -0.465 e. The third-order valence-corrected chi connectivity index (χ3v) is 2.65. The molecule has 1 aromatic carbocycles. The van der Waals surface area contributed by atoms with Gasteiger partial charge in [0.05, 0.1) is 24.8 Å². The second kappa shape index (κ2) is 7.51. The van der Waals surface area contributed by atoms with Gasteiger partial charge in [-0.2, -0.15) is 5.26 Å².